The molecule has 3 aromatic carbocycles. The van der Waals surface area contributed by atoms with Gasteiger partial charge in [0.2, 0.25) is 0 Å². The molecule has 4 aromatic rings. The minimum atomic E-state index is -0.246. The molecule has 0 aliphatic heterocycles. The molecule has 1 aromatic heterocycles. The summed E-state index contributed by atoms with van der Waals surface area (Å²) >= 11 is 15.5. The number of benzene rings is 3. The van der Waals surface area contributed by atoms with Crippen LogP contribution >= 0.6 is 39.1 Å². The Morgan fingerprint density at radius 2 is 1.73 bits per heavy atom. The van der Waals surface area contributed by atoms with E-state index in [1.807, 2.05) is 18.3 Å². The third-order valence-corrected chi connectivity index (χ3v) is 6.03. The maximum absolute atomic E-state index is 12.7. The van der Waals surface area contributed by atoms with Gasteiger partial charge in [0.15, 0.2) is 5.82 Å². The summed E-state index contributed by atoms with van der Waals surface area (Å²) < 4.78 is 8.24. The molecule has 1 heterocycles. The summed E-state index contributed by atoms with van der Waals surface area (Å²) in [5, 5.41) is 8.34. The monoisotopic (exact) mass is 543 g/mol. The lowest BCUT2D eigenvalue weighted by Crippen LogP contribution is -2.13. The number of aromatic nitrogens is 2. The highest BCUT2D eigenvalue weighted by molar-refractivity contribution is 9.10. The first kappa shape index (κ1) is 23.4. The molecule has 1 amide bonds. The van der Waals surface area contributed by atoms with Crippen LogP contribution in [-0.2, 0) is 13.2 Å². The van der Waals surface area contributed by atoms with Gasteiger partial charge in [-0.25, -0.2) is 0 Å². The highest BCUT2D eigenvalue weighted by Gasteiger charge is 2.13. The summed E-state index contributed by atoms with van der Waals surface area (Å²) in [6.07, 6.45) is 1.85. The molecule has 0 unspecified atom stereocenters. The molecule has 0 fully saturated rings. The molecule has 168 valence electrons. The van der Waals surface area contributed by atoms with Crippen LogP contribution in [0.3, 0.4) is 0 Å². The van der Waals surface area contributed by atoms with Gasteiger partial charge in [-0.05, 0) is 64.3 Å². The maximum Gasteiger partial charge on any atom is 0.256 e. The predicted octanol–water partition coefficient (Wildman–Crippen LogP) is 7.14. The lowest BCUT2D eigenvalue weighted by atomic mass is 10.1. The average Bonchev–Trinajstić information content (AvgIpc) is 3.13. The van der Waals surface area contributed by atoms with Crippen LogP contribution in [0.15, 0.2) is 77.4 Å². The molecule has 4 rings (SSSR count). The molecule has 33 heavy (non-hydrogen) atoms. The Balaban J connectivity index is 1.36. The molecule has 8 heteroatoms. The van der Waals surface area contributed by atoms with E-state index >= 15 is 0 Å². The highest BCUT2D eigenvalue weighted by atomic mass is 79.9. The normalized spacial score (nSPS) is 10.8. The molecular formula is C25H20BrCl2N3O2. The number of amides is 1. The first-order valence-corrected chi connectivity index (χ1v) is 11.7. The number of halogens is 3. The van der Waals surface area contributed by atoms with Crippen LogP contribution in [0.4, 0.5) is 5.82 Å². The molecule has 0 atom stereocenters. The first-order valence-electron chi connectivity index (χ1n) is 10.1. The van der Waals surface area contributed by atoms with Crippen molar-refractivity contribution in [3.63, 3.8) is 0 Å². The van der Waals surface area contributed by atoms with E-state index in [-0.39, 0.29) is 5.91 Å². The second kappa shape index (κ2) is 10.4. The molecule has 1 N–H and O–H groups in total. The zero-order valence-corrected chi connectivity index (χ0v) is 20.8. The fourth-order valence-electron chi connectivity index (χ4n) is 3.13. The largest absolute Gasteiger partial charge is 0.487 e. The van der Waals surface area contributed by atoms with E-state index in [1.165, 1.54) is 5.56 Å². The number of ether oxygens (including phenoxy) is 1. The van der Waals surface area contributed by atoms with Gasteiger partial charge in [-0.2, -0.15) is 5.10 Å². The van der Waals surface area contributed by atoms with E-state index in [0.717, 1.165) is 11.1 Å². The molecule has 5 nitrogen and oxygen atoms in total. The van der Waals surface area contributed by atoms with Crippen molar-refractivity contribution in [1.82, 2.24) is 9.78 Å². The smallest absolute Gasteiger partial charge is 0.256 e. The molecular weight excluding hydrogens is 525 g/mol. The lowest BCUT2D eigenvalue weighted by molar-refractivity contribution is 0.102. The summed E-state index contributed by atoms with van der Waals surface area (Å²) in [6.45, 7) is 2.98. The number of nitrogens with zero attached hydrogens (tertiary/aromatic N) is 2. The number of rotatable bonds is 7. The van der Waals surface area contributed by atoms with Crippen LogP contribution in [0.5, 0.6) is 5.75 Å². The van der Waals surface area contributed by atoms with Crippen molar-refractivity contribution in [2.75, 3.05) is 5.32 Å². The Kier molecular flexibility index (Phi) is 7.38. The first-order chi connectivity index (χ1) is 15.9. The third-order valence-electron chi connectivity index (χ3n) is 4.92. The number of carbonyl (C=O) groups excluding carboxylic acids is 1. The van der Waals surface area contributed by atoms with Gasteiger partial charge in [-0.15, -0.1) is 0 Å². The van der Waals surface area contributed by atoms with Crippen molar-refractivity contribution in [2.24, 2.45) is 0 Å². The molecule has 0 aliphatic carbocycles. The third kappa shape index (κ3) is 6.16. The molecule has 0 bridgehead atoms. The lowest BCUT2D eigenvalue weighted by Gasteiger charge is -2.09. The van der Waals surface area contributed by atoms with Gasteiger partial charge in [-0.1, -0.05) is 65.2 Å². The van der Waals surface area contributed by atoms with Crippen LogP contribution in [0.25, 0.3) is 0 Å². The van der Waals surface area contributed by atoms with Crippen LogP contribution in [0, 0.1) is 6.92 Å². The molecule has 0 spiro atoms. The van der Waals surface area contributed by atoms with Gasteiger partial charge < -0.3 is 10.1 Å². The number of carbonyl (C=O) groups is 1. The van der Waals surface area contributed by atoms with Crippen LogP contribution < -0.4 is 10.1 Å². The summed E-state index contributed by atoms with van der Waals surface area (Å²) in [6, 6.07) is 20.5. The van der Waals surface area contributed by atoms with Crippen LogP contribution in [0.1, 0.15) is 27.0 Å². The fourth-order valence-corrected chi connectivity index (χ4v) is 4.01. The molecule has 0 saturated carbocycles. The van der Waals surface area contributed by atoms with Crippen LogP contribution in [0.2, 0.25) is 10.0 Å². The summed E-state index contributed by atoms with van der Waals surface area (Å²) in [4.78, 5) is 12.7. The van der Waals surface area contributed by atoms with Gasteiger partial charge in [0.1, 0.15) is 12.4 Å². The molecule has 0 radical (unpaired) electrons. The quantitative estimate of drug-likeness (QED) is 0.269. The van der Waals surface area contributed by atoms with Crippen molar-refractivity contribution in [3.8, 4) is 5.75 Å². The van der Waals surface area contributed by atoms with Gasteiger partial charge in [0.05, 0.1) is 16.0 Å². The van der Waals surface area contributed by atoms with Crippen molar-refractivity contribution in [2.45, 2.75) is 20.1 Å². The number of aryl methyl sites for hydroxylation is 1. The van der Waals surface area contributed by atoms with E-state index in [9.17, 15) is 4.79 Å². The Bertz CT molecular complexity index is 1270. The van der Waals surface area contributed by atoms with Gasteiger partial charge >= 0.3 is 0 Å². The Hall–Kier alpha value is -2.80. The molecule has 0 saturated heterocycles. The second-order valence-corrected chi connectivity index (χ2v) is 9.22. The van der Waals surface area contributed by atoms with Crippen molar-refractivity contribution >= 4 is 50.9 Å². The van der Waals surface area contributed by atoms with Gasteiger partial charge in [0.25, 0.3) is 5.91 Å². The number of hydrogen-bond acceptors (Lipinski definition) is 3. The summed E-state index contributed by atoms with van der Waals surface area (Å²) in [5.41, 5.74) is 3.76. The average molecular weight is 545 g/mol. The zero-order chi connectivity index (χ0) is 23.4. The number of anilines is 1. The number of hydrogen-bond donors (Lipinski definition) is 1. The standard InChI is InChI=1S/C25H20BrCl2N3O2/c1-16-2-4-17(5-3-16)13-31-14-21(26)24(30-31)29-25(32)19-8-6-18(7-9-19)15-33-23-11-10-20(27)12-22(23)28/h2-12,14H,13,15H2,1H3,(H,29,30,32). The minimum absolute atomic E-state index is 0.246. The fraction of sp³-hybridized carbons (Fsp3) is 0.120. The Morgan fingerprint density at radius 3 is 2.42 bits per heavy atom. The van der Waals surface area contributed by atoms with E-state index in [4.69, 9.17) is 27.9 Å². The maximum atomic E-state index is 12.7. The van der Waals surface area contributed by atoms with Crippen molar-refractivity contribution in [1.29, 1.82) is 0 Å². The van der Waals surface area contributed by atoms with E-state index in [1.54, 1.807) is 35.0 Å². The Labute approximate surface area is 210 Å². The molecule has 0 aliphatic rings. The predicted molar refractivity (Wildman–Crippen MR) is 135 cm³/mol. The van der Waals surface area contributed by atoms with E-state index < -0.39 is 0 Å². The summed E-state index contributed by atoms with van der Waals surface area (Å²) in [5.74, 6) is 0.773. The van der Waals surface area contributed by atoms with E-state index in [2.05, 4.69) is 57.5 Å². The Morgan fingerprint density at radius 1 is 1.03 bits per heavy atom. The van der Waals surface area contributed by atoms with E-state index in [0.29, 0.717) is 44.8 Å². The van der Waals surface area contributed by atoms with Crippen LogP contribution in [-0.4, -0.2) is 15.7 Å². The second-order valence-electron chi connectivity index (χ2n) is 7.52. The zero-order valence-electron chi connectivity index (χ0n) is 17.7. The van der Waals surface area contributed by atoms with Gasteiger partial charge in [0, 0.05) is 16.8 Å². The topological polar surface area (TPSA) is 56.2 Å². The van der Waals surface area contributed by atoms with Crippen molar-refractivity contribution in [3.05, 3.63) is 110 Å². The minimum Gasteiger partial charge on any atom is -0.487 e. The summed E-state index contributed by atoms with van der Waals surface area (Å²) in [7, 11) is 0. The SMILES string of the molecule is Cc1ccc(Cn2cc(Br)c(NC(=O)c3ccc(COc4ccc(Cl)cc4Cl)cc3)n2)cc1. The highest BCUT2D eigenvalue weighted by Crippen LogP contribution is 2.28. The van der Waals surface area contributed by atoms with Gasteiger partial charge in [-0.3, -0.25) is 9.48 Å². The van der Waals surface area contributed by atoms with Crippen molar-refractivity contribution < 1.29 is 9.53 Å². The number of nitrogens with one attached hydrogen (secondary N) is 1.